The van der Waals surface area contributed by atoms with Crippen molar-refractivity contribution < 1.29 is 14.4 Å². The van der Waals surface area contributed by atoms with Crippen LogP contribution in [0, 0.1) is 0 Å². The highest BCUT2D eigenvalue weighted by Crippen LogP contribution is 2.26. The van der Waals surface area contributed by atoms with Gasteiger partial charge >= 0.3 is 11.1 Å². The first-order valence-electron chi connectivity index (χ1n) is 12.3. The SMILES string of the molecule is CCc1nc2cccc(C(=O)OC)c2n1Cc1ccc(-c2ccccc2/C(N)=N/OC(=S)n2ccnc2)cc1. The molecule has 0 aliphatic rings. The highest BCUT2D eigenvalue weighted by atomic mass is 32.1. The molecule has 9 nitrogen and oxygen atoms in total. The molecule has 2 aromatic heterocycles. The zero-order valence-electron chi connectivity index (χ0n) is 21.4. The van der Waals surface area contributed by atoms with Crippen LogP contribution >= 0.6 is 12.2 Å². The Labute approximate surface area is 230 Å². The first kappa shape index (κ1) is 25.8. The topological polar surface area (TPSA) is 110 Å². The summed E-state index contributed by atoms with van der Waals surface area (Å²) in [4.78, 5) is 26.5. The quantitative estimate of drug-likeness (QED) is 0.105. The molecule has 3 aromatic carbocycles. The van der Waals surface area contributed by atoms with E-state index in [2.05, 4.69) is 26.8 Å². The number of ether oxygens (including phenoxy) is 1. The third-order valence-corrected chi connectivity index (χ3v) is 6.60. The molecule has 0 saturated carbocycles. The number of nitrogens with zero attached hydrogens (tertiary/aromatic N) is 5. The number of hydrogen-bond acceptors (Lipinski definition) is 7. The van der Waals surface area contributed by atoms with Gasteiger partial charge in [0.05, 0.1) is 23.7 Å². The van der Waals surface area contributed by atoms with Gasteiger partial charge in [-0.15, -0.1) is 0 Å². The molecular formula is C29H26N6O3S. The summed E-state index contributed by atoms with van der Waals surface area (Å²) < 4.78 is 8.62. The molecule has 0 radical (unpaired) electrons. The lowest BCUT2D eigenvalue weighted by atomic mass is 9.98. The van der Waals surface area contributed by atoms with Crippen molar-refractivity contribution in [2.75, 3.05) is 7.11 Å². The van der Waals surface area contributed by atoms with Gasteiger partial charge in [0.2, 0.25) is 0 Å². The Morgan fingerprint density at radius 3 is 2.54 bits per heavy atom. The molecule has 0 spiro atoms. The molecule has 0 bridgehead atoms. The summed E-state index contributed by atoms with van der Waals surface area (Å²) in [5.41, 5.74) is 12.0. The molecule has 5 aromatic rings. The fourth-order valence-corrected chi connectivity index (χ4v) is 4.58. The molecule has 39 heavy (non-hydrogen) atoms. The van der Waals surface area contributed by atoms with Gasteiger partial charge in [0.1, 0.15) is 12.2 Å². The van der Waals surface area contributed by atoms with E-state index in [4.69, 9.17) is 32.5 Å². The lowest BCUT2D eigenvalue weighted by Gasteiger charge is -2.13. The van der Waals surface area contributed by atoms with Gasteiger partial charge in [-0.2, -0.15) is 0 Å². The maximum Gasteiger partial charge on any atom is 0.340 e. The molecule has 0 amide bonds. The monoisotopic (exact) mass is 538 g/mol. The molecule has 196 valence electrons. The average molecular weight is 539 g/mol. The second-order valence-corrected chi connectivity index (χ2v) is 9.03. The molecule has 0 aliphatic carbocycles. The van der Waals surface area contributed by atoms with Crippen molar-refractivity contribution in [2.45, 2.75) is 19.9 Å². The summed E-state index contributed by atoms with van der Waals surface area (Å²) in [7, 11) is 1.39. The Balaban J connectivity index is 1.42. The fourth-order valence-electron chi connectivity index (χ4n) is 4.43. The Bertz CT molecular complexity index is 1670. The number of para-hydroxylation sites is 1. The van der Waals surface area contributed by atoms with Crippen LogP contribution in [0.3, 0.4) is 0 Å². The van der Waals surface area contributed by atoms with Crippen LogP contribution in [-0.2, 0) is 22.5 Å². The number of benzene rings is 3. The first-order valence-corrected chi connectivity index (χ1v) is 12.7. The van der Waals surface area contributed by atoms with Crippen LogP contribution in [0.1, 0.15) is 34.2 Å². The Morgan fingerprint density at radius 2 is 1.82 bits per heavy atom. The molecule has 5 rings (SSSR count). The number of oxime groups is 1. The van der Waals surface area contributed by atoms with E-state index in [9.17, 15) is 4.79 Å². The Morgan fingerprint density at radius 1 is 1.05 bits per heavy atom. The van der Waals surface area contributed by atoms with Crippen LogP contribution in [0.2, 0.25) is 0 Å². The maximum atomic E-state index is 12.5. The van der Waals surface area contributed by atoms with Crippen LogP contribution < -0.4 is 5.73 Å². The number of methoxy groups -OCH3 is 1. The molecular weight excluding hydrogens is 512 g/mol. The van der Waals surface area contributed by atoms with E-state index < -0.39 is 0 Å². The third kappa shape index (κ3) is 5.27. The van der Waals surface area contributed by atoms with Gasteiger partial charge in [0, 0.05) is 30.9 Å². The highest BCUT2D eigenvalue weighted by Gasteiger charge is 2.18. The molecule has 0 atom stereocenters. The smallest absolute Gasteiger partial charge is 0.340 e. The van der Waals surface area contributed by atoms with E-state index >= 15 is 0 Å². The normalized spacial score (nSPS) is 11.5. The minimum atomic E-state index is -0.384. The lowest BCUT2D eigenvalue weighted by molar-refractivity contribution is 0.0602. The summed E-state index contributed by atoms with van der Waals surface area (Å²) >= 11 is 5.21. The number of esters is 1. The summed E-state index contributed by atoms with van der Waals surface area (Å²) in [6.07, 6.45) is 5.51. The predicted octanol–water partition coefficient (Wildman–Crippen LogP) is 4.77. The lowest BCUT2D eigenvalue weighted by Crippen LogP contribution is -2.17. The molecule has 2 heterocycles. The minimum absolute atomic E-state index is 0.117. The molecule has 0 saturated heterocycles. The van der Waals surface area contributed by atoms with Crippen molar-refractivity contribution >= 4 is 40.2 Å². The Kier molecular flexibility index (Phi) is 7.46. The van der Waals surface area contributed by atoms with Gasteiger partial charge in [0.15, 0.2) is 5.84 Å². The largest absolute Gasteiger partial charge is 0.465 e. The minimum Gasteiger partial charge on any atom is -0.465 e. The average Bonchev–Trinajstić information content (AvgIpc) is 3.64. The third-order valence-electron chi connectivity index (χ3n) is 6.31. The van der Waals surface area contributed by atoms with E-state index in [1.54, 1.807) is 18.5 Å². The number of amidine groups is 1. The van der Waals surface area contributed by atoms with E-state index in [1.165, 1.54) is 18.0 Å². The number of carbonyl (C=O) groups is 1. The van der Waals surface area contributed by atoms with Crippen molar-refractivity contribution in [1.82, 2.24) is 19.1 Å². The van der Waals surface area contributed by atoms with Crippen LogP contribution in [0.4, 0.5) is 0 Å². The van der Waals surface area contributed by atoms with Gasteiger partial charge in [-0.05, 0) is 41.0 Å². The number of nitrogens with two attached hydrogens (primary N) is 1. The second-order valence-electron chi connectivity index (χ2n) is 8.68. The van der Waals surface area contributed by atoms with Gasteiger partial charge in [-0.25, -0.2) is 14.8 Å². The van der Waals surface area contributed by atoms with Crippen molar-refractivity contribution in [3.05, 3.63) is 108 Å². The second kappa shape index (κ2) is 11.3. The molecule has 0 fully saturated rings. The number of imidazole rings is 2. The molecule has 2 N–H and O–H groups in total. The van der Waals surface area contributed by atoms with Crippen LogP contribution in [-0.4, -0.2) is 43.2 Å². The van der Waals surface area contributed by atoms with Gasteiger partial charge < -0.3 is 19.9 Å². The number of aryl methyl sites for hydroxylation is 1. The van der Waals surface area contributed by atoms with Gasteiger partial charge in [0.25, 0.3) is 0 Å². The van der Waals surface area contributed by atoms with Crippen LogP contribution in [0.5, 0.6) is 0 Å². The van der Waals surface area contributed by atoms with Crippen molar-refractivity contribution in [2.24, 2.45) is 10.9 Å². The summed E-state index contributed by atoms with van der Waals surface area (Å²) in [5, 5.41) is 4.15. The van der Waals surface area contributed by atoms with Gasteiger partial charge in [-0.3, -0.25) is 4.57 Å². The van der Waals surface area contributed by atoms with Crippen molar-refractivity contribution in [3.63, 3.8) is 0 Å². The zero-order valence-corrected chi connectivity index (χ0v) is 22.3. The fraction of sp³-hybridized carbons (Fsp3) is 0.138. The molecule has 0 aliphatic heterocycles. The number of thiocarbonyl (C=S) groups is 1. The number of hydrogen-bond donors (Lipinski definition) is 1. The van der Waals surface area contributed by atoms with Crippen molar-refractivity contribution in [3.8, 4) is 11.1 Å². The standard InChI is InChI=1S/C29H26N6O3S/c1-3-25-32-24-10-6-9-23(28(36)37-2)26(24)35(25)17-19-11-13-20(14-12-19)21-7-4-5-8-22(21)27(30)33-38-29(39)34-16-15-31-18-34/h4-16,18H,3,17H2,1-2H3,(H2,30,33). The van der Waals surface area contributed by atoms with E-state index in [0.29, 0.717) is 12.1 Å². The molecule has 0 unspecified atom stereocenters. The highest BCUT2D eigenvalue weighted by molar-refractivity contribution is 7.80. The van der Waals surface area contributed by atoms with Crippen LogP contribution in [0.15, 0.2) is 90.6 Å². The molecule has 10 heteroatoms. The number of aromatic nitrogens is 4. The maximum absolute atomic E-state index is 12.5. The predicted molar refractivity (Wildman–Crippen MR) is 153 cm³/mol. The number of fused-ring (bicyclic) bond motifs is 1. The van der Waals surface area contributed by atoms with E-state index in [-0.39, 0.29) is 17.0 Å². The van der Waals surface area contributed by atoms with E-state index in [1.807, 2.05) is 55.5 Å². The van der Waals surface area contributed by atoms with Crippen molar-refractivity contribution in [1.29, 1.82) is 0 Å². The van der Waals surface area contributed by atoms with Crippen LogP contribution in [0.25, 0.3) is 22.2 Å². The number of carbonyl (C=O) groups excluding carboxylic acids is 1. The number of rotatable bonds is 7. The summed E-state index contributed by atoms with van der Waals surface area (Å²) in [6, 6.07) is 21.4. The Hall–Kier alpha value is -4.83. The van der Waals surface area contributed by atoms with Gasteiger partial charge in [-0.1, -0.05) is 66.7 Å². The van der Waals surface area contributed by atoms with E-state index in [0.717, 1.165) is 45.5 Å². The zero-order chi connectivity index (χ0) is 27.4. The summed E-state index contributed by atoms with van der Waals surface area (Å²) in [5.74, 6) is 0.712. The summed E-state index contributed by atoms with van der Waals surface area (Å²) in [6.45, 7) is 2.60. The first-order chi connectivity index (χ1) is 19.0.